The Kier molecular flexibility index (Phi) is 3.17. The van der Waals surface area contributed by atoms with Crippen LogP contribution in [0.5, 0.6) is 11.5 Å². The standard InChI is InChI=1S/C11H14BrNO2/c1-15-10-5-8(4-9(12)11(10)14)7-2-3-13-6-7/h4-5,7,13-14H,2-3,6H2,1H3. The Morgan fingerprint density at radius 3 is 2.93 bits per heavy atom. The fourth-order valence-electron chi connectivity index (χ4n) is 1.92. The van der Waals surface area contributed by atoms with E-state index in [0.29, 0.717) is 16.1 Å². The van der Waals surface area contributed by atoms with Gasteiger partial charge < -0.3 is 15.2 Å². The third-order valence-electron chi connectivity index (χ3n) is 2.80. The van der Waals surface area contributed by atoms with Gasteiger partial charge >= 0.3 is 0 Å². The molecule has 0 aliphatic carbocycles. The van der Waals surface area contributed by atoms with Crippen molar-refractivity contribution in [2.45, 2.75) is 12.3 Å². The maximum absolute atomic E-state index is 9.68. The zero-order valence-corrected chi connectivity index (χ0v) is 10.2. The number of aromatic hydroxyl groups is 1. The number of rotatable bonds is 2. The lowest BCUT2D eigenvalue weighted by molar-refractivity contribution is 0.371. The molecule has 0 amide bonds. The fourth-order valence-corrected chi connectivity index (χ4v) is 2.38. The zero-order chi connectivity index (χ0) is 10.8. The summed E-state index contributed by atoms with van der Waals surface area (Å²) in [7, 11) is 1.57. The number of ether oxygens (including phenoxy) is 1. The summed E-state index contributed by atoms with van der Waals surface area (Å²) in [5.74, 6) is 1.23. The second-order valence-electron chi connectivity index (χ2n) is 3.74. The number of phenols is 1. The van der Waals surface area contributed by atoms with Crippen LogP contribution in [-0.4, -0.2) is 25.3 Å². The Hall–Kier alpha value is -0.740. The summed E-state index contributed by atoms with van der Waals surface area (Å²) in [4.78, 5) is 0. The van der Waals surface area contributed by atoms with Crippen molar-refractivity contribution in [1.29, 1.82) is 0 Å². The van der Waals surface area contributed by atoms with Crippen LogP contribution in [0.25, 0.3) is 0 Å². The van der Waals surface area contributed by atoms with E-state index in [-0.39, 0.29) is 5.75 Å². The molecule has 1 unspecified atom stereocenters. The van der Waals surface area contributed by atoms with E-state index in [1.807, 2.05) is 12.1 Å². The Morgan fingerprint density at radius 2 is 2.33 bits per heavy atom. The number of hydrogen-bond acceptors (Lipinski definition) is 3. The van der Waals surface area contributed by atoms with Crippen molar-refractivity contribution < 1.29 is 9.84 Å². The smallest absolute Gasteiger partial charge is 0.172 e. The third kappa shape index (κ3) is 2.11. The first-order chi connectivity index (χ1) is 7.22. The Bertz CT molecular complexity index is 362. The van der Waals surface area contributed by atoms with Crippen molar-refractivity contribution in [3.63, 3.8) is 0 Å². The predicted molar refractivity (Wildman–Crippen MR) is 62.6 cm³/mol. The highest BCUT2D eigenvalue weighted by Gasteiger charge is 2.19. The molecule has 1 aliphatic rings. The number of hydrogen-bond donors (Lipinski definition) is 2. The molecule has 1 aliphatic heterocycles. The van der Waals surface area contributed by atoms with Gasteiger partial charge in [-0.2, -0.15) is 0 Å². The van der Waals surface area contributed by atoms with Gasteiger partial charge in [0.15, 0.2) is 11.5 Å². The zero-order valence-electron chi connectivity index (χ0n) is 8.59. The lowest BCUT2D eigenvalue weighted by atomic mass is 9.98. The topological polar surface area (TPSA) is 41.5 Å². The molecule has 15 heavy (non-hydrogen) atoms. The molecule has 82 valence electrons. The first-order valence-electron chi connectivity index (χ1n) is 4.99. The van der Waals surface area contributed by atoms with Crippen molar-refractivity contribution in [3.8, 4) is 11.5 Å². The van der Waals surface area contributed by atoms with Crippen molar-refractivity contribution >= 4 is 15.9 Å². The largest absolute Gasteiger partial charge is 0.503 e. The van der Waals surface area contributed by atoms with Gasteiger partial charge in [-0.3, -0.25) is 0 Å². The van der Waals surface area contributed by atoms with Crippen LogP contribution in [0.3, 0.4) is 0 Å². The normalized spacial score (nSPS) is 20.5. The quantitative estimate of drug-likeness (QED) is 0.867. The van der Waals surface area contributed by atoms with Gasteiger partial charge in [0.2, 0.25) is 0 Å². The molecule has 2 rings (SSSR count). The monoisotopic (exact) mass is 271 g/mol. The van der Waals surface area contributed by atoms with Gasteiger partial charge in [0, 0.05) is 6.54 Å². The fraction of sp³-hybridized carbons (Fsp3) is 0.455. The molecule has 1 heterocycles. The summed E-state index contributed by atoms with van der Waals surface area (Å²) in [5, 5.41) is 13.0. The highest BCUT2D eigenvalue weighted by atomic mass is 79.9. The summed E-state index contributed by atoms with van der Waals surface area (Å²) >= 11 is 3.33. The lowest BCUT2D eigenvalue weighted by Gasteiger charge is -2.13. The number of phenolic OH excluding ortho intramolecular Hbond substituents is 1. The van der Waals surface area contributed by atoms with Gasteiger partial charge in [-0.25, -0.2) is 0 Å². The molecule has 0 radical (unpaired) electrons. The first kappa shape index (κ1) is 10.8. The molecule has 1 saturated heterocycles. The molecule has 0 spiro atoms. The average Bonchev–Trinajstić information content (AvgIpc) is 2.75. The van der Waals surface area contributed by atoms with Gasteiger partial charge in [-0.1, -0.05) is 0 Å². The number of nitrogens with one attached hydrogen (secondary N) is 1. The van der Waals surface area contributed by atoms with Crippen LogP contribution in [0.2, 0.25) is 0 Å². The van der Waals surface area contributed by atoms with E-state index < -0.39 is 0 Å². The molecule has 1 aromatic rings. The van der Waals surface area contributed by atoms with Crippen LogP contribution in [0, 0.1) is 0 Å². The highest BCUT2D eigenvalue weighted by Crippen LogP contribution is 2.38. The van der Waals surface area contributed by atoms with Gasteiger partial charge in [-0.05, 0) is 52.5 Å². The Balaban J connectivity index is 2.35. The SMILES string of the molecule is COc1cc(C2CCNC2)cc(Br)c1O. The Labute approximate surface area is 97.6 Å². The van der Waals surface area contributed by atoms with Crippen molar-refractivity contribution in [2.75, 3.05) is 20.2 Å². The predicted octanol–water partition coefficient (Wildman–Crippen LogP) is 2.24. The van der Waals surface area contributed by atoms with E-state index >= 15 is 0 Å². The van der Waals surface area contributed by atoms with Gasteiger partial charge in [0.05, 0.1) is 11.6 Å². The van der Waals surface area contributed by atoms with Crippen LogP contribution < -0.4 is 10.1 Å². The van der Waals surface area contributed by atoms with E-state index in [0.717, 1.165) is 19.5 Å². The molecule has 2 N–H and O–H groups in total. The summed E-state index contributed by atoms with van der Waals surface area (Å²) in [6.45, 7) is 2.06. The van der Waals surface area contributed by atoms with Crippen LogP contribution in [0.15, 0.2) is 16.6 Å². The minimum Gasteiger partial charge on any atom is -0.503 e. The summed E-state index contributed by atoms with van der Waals surface area (Å²) < 4.78 is 5.82. The van der Waals surface area contributed by atoms with Gasteiger partial charge in [0.1, 0.15) is 0 Å². The maximum atomic E-state index is 9.68. The second-order valence-corrected chi connectivity index (χ2v) is 4.60. The number of benzene rings is 1. The molecule has 1 fully saturated rings. The molecule has 0 saturated carbocycles. The van der Waals surface area contributed by atoms with Crippen molar-refractivity contribution in [1.82, 2.24) is 5.32 Å². The van der Waals surface area contributed by atoms with E-state index in [1.165, 1.54) is 5.56 Å². The molecule has 3 nitrogen and oxygen atoms in total. The second kappa shape index (κ2) is 4.41. The van der Waals surface area contributed by atoms with E-state index in [2.05, 4.69) is 21.2 Å². The first-order valence-corrected chi connectivity index (χ1v) is 5.78. The summed E-state index contributed by atoms with van der Waals surface area (Å²) in [6, 6.07) is 3.88. The number of methoxy groups -OCH3 is 1. The van der Waals surface area contributed by atoms with E-state index in [9.17, 15) is 5.11 Å². The average molecular weight is 272 g/mol. The van der Waals surface area contributed by atoms with Crippen LogP contribution in [0.4, 0.5) is 0 Å². The molecule has 4 heteroatoms. The minimum absolute atomic E-state index is 0.173. The van der Waals surface area contributed by atoms with Crippen LogP contribution >= 0.6 is 15.9 Å². The molecule has 0 bridgehead atoms. The minimum atomic E-state index is 0.173. The molecule has 0 aromatic heterocycles. The Morgan fingerprint density at radius 1 is 1.53 bits per heavy atom. The van der Waals surface area contributed by atoms with Crippen molar-refractivity contribution in [2.24, 2.45) is 0 Å². The van der Waals surface area contributed by atoms with E-state index in [1.54, 1.807) is 7.11 Å². The van der Waals surface area contributed by atoms with Gasteiger partial charge in [0.25, 0.3) is 0 Å². The molecular formula is C11H14BrNO2. The summed E-state index contributed by atoms with van der Waals surface area (Å²) in [6.07, 6.45) is 1.14. The highest BCUT2D eigenvalue weighted by molar-refractivity contribution is 9.10. The summed E-state index contributed by atoms with van der Waals surface area (Å²) in [5.41, 5.74) is 1.21. The molecule has 1 atom stereocenters. The lowest BCUT2D eigenvalue weighted by Crippen LogP contribution is -2.08. The third-order valence-corrected chi connectivity index (χ3v) is 3.41. The molecular weight excluding hydrogens is 258 g/mol. The molecule has 1 aromatic carbocycles. The van der Waals surface area contributed by atoms with Crippen molar-refractivity contribution in [3.05, 3.63) is 22.2 Å². The van der Waals surface area contributed by atoms with Gasteiger partial charge in [-0.15, -0.1) is 0 Å². The van der Waals surface area contributed by atoms with Crippen LogP contribution in [-0.2, 0) is 0 Å². The number of halogens is 1. The maximum Gasteiger partial charge on any atom is 0.172 e. The van der Waals surface area contributed by atoms with Crippen LogP contribution in [0.1, 0.15) is 17.9 Å². The van der Waals surface area contributed by atoms with E-state index in [4.69, 9.17) is 4.74 Å².